The van der Waals surface area contributed by atoms with Gasteiger partial charge in [0.15, 0.2) is 11.0 Å². The molecule has 4 rings (SSSR count). The van der Waals surface area contributed by atoms with Crippen LogP contribution in [0.1, 0.15) is 28.6 Å². The number of aromatic nitrogens is 3. The summed E-state index contributed by atoms with van der Waals surface area (Å²) in [5, 5.41) is 23.0. The number of carbonyl (C=O) groups excluding carboxylic acids is 1. The molecule has 162 valence electrons. The molecule has 0 saturated carbocycles. The average Bonchev–Trinajstić information content (AvgIpc) is 3.24. The smallest absolute Gasteiger partial charge is 0.234 e. The Morgan fingerprint density at radius 3 is 2.38 bits per heavy atom. The molecular weight excluding hydrogens is 420 g/mol. The van der Waals surface area contributed by atoms with Gasteiger partial charge in [0.1, 0.15) is 6.10 Å². The van der Waals surface area contributed by atoms with Crippen LogP contribution in [0, 0.1) is 13.8 Å². The van der Waals surface area contributed by atoms with Crippen molar-refractivity contribution >= 4 is 23.4 Å². The highest BCUT2D eigenvalue weighted by Gasteiger charge is 2.22. The van der Waals surface area contributed by atoms with Gasteiger partial charge in [0.05, 0.1) is 5.75 Å². The fourth-order valence-corrected chi connectivity index (χ4v) is 4.19. The number of thioether (sulfide) groups is 1. The standard InChI is InChI=1S/C25H24N4O2S/c1-17-13-14-21(18(2)15-17)26-22(30)16-32-25-28-27-24(23(31)19-9-5-3-6-10-19)29(25)20-11-7-4-8-12-20/h3-15,23,31H,16H2,1-2H3,(H,26,30)/t23-/m1/s1. The van der Waals surface area contributed by atoms with E-state index in [9.17, 15) is 9.90 Å². The zero-order chi connectivity index (χ0) is 22.5. The van der Waals surface area contributed by atoms with E-state index < -0.39 is 6.10 Å². The number of benzene rings is 3. The summed E-state index contributed by atoms with van der Waals surface area (Å²) >= 11 is 1.28. The molecule has 0 bridgehead atoms. The topological polar surface area (TPSA) is 80.0 Å². The van der Waals surface area contributed by atoms with Crippen LogP contribution in [-0.4, -0.2) is 31.5 Å². The number of hydrogen-bond acceptors (Lipinski definition) is 5. The first-order chi connectivity index (χ1) is 15.5. The van der Waals surface area contributed by atoms with Gasteiger partial charge in [0.25, 0.3) is 0 Å². The predicted octanol–water partition coefficient (Wildman–Crippen LogP) is 4.70. The number of aryl methyl sites for hydroxylation is 2. The van der Waals surface area contributed by atoms with Crippen molar-refractivity contribution in [1.29, 1.82) is 0 Å². The summed E-state index contributed by atoms with van der Waals surface area (Å²) in [6, 6.07) is 24.8. The quantitative estimate of drug-likeness (QED) is 0.404. The molecule has 0 unspecified atom stereocenters. The molecule has 1 amide bonds. The summed E-state index contributed by atoms with van der Waals surface area (Å²) in [4.78, 5) is 12.6. The number of nitrogens with zero attached hydrogens (tertiary/aromatic N) is 3. The Bertz CT molecular complexity index is 1210. The van der Waals surface area contributed by atoms with Crippen molar-refractivity contribution < 1.29 is 9.90 Å². The number of aliphatic hydroxyl groups is 1. The van der Waals surface area contributed by atoms with Gasteiger partial charge in [-0.05, 0) is 43.2 Å². The van der Waals surface area contributed by atoms with E-state index in [0.717, 1.165) is 28.1 Å². The molecule has 0 aliphatic rings. The Balaban J connectivity index is 1.57. The molecule has 1 atom stereocenters. The third-order valence-electron chi connectivity index (χ3n) is 5.02. The Morgan fingerprint density at radius 1 is 1.00 bits per heavy atom. The summed E-state index contributed by atoms with van der Waals surface area (Å²) in [6.45, 7) is 3.99. The second-order valence-corrected chi connectivity index (χ2v) is 8.42. The highest BCUT2D eigenvalue weighted by molar-refractivity contribution is 7.99. The van der Waals surface area contributed by atoms with E-state index in [1.54, 1.807) is 4.57 Å². The maximum Gasteiger partial charge on any atom is 0.234 e. The van der Waals surface area contributed by atoms with E-state index in [2.05, 4.69) is 15.5 Å². The molecule has 4 aromatic rings. The van der Waals surface area contributed by atoms with Gasteiger partial charge >= 0.3 is 0 Å². The number of para-hydroxylation sites is 1. The minimum absolute atomic E-state index is 0.130. The van der Waals surface area contributed by atoms with Gasteiger partial charge in [0, 0.05) is 11.4 Å². The number of nitrogens with one attached hydrogen (secondary N) is 1. The summed E-state index contributed by atoms with van der Waals surface area (Å²) in [5.41, 5.74) is 4.51. The molecule has 0 radical (unpaired) electrons. The van der Waals surface area contributed by atoms with Crippen LogP contribution in [0.4, 0.5) is 5.69 Å². The van der Waals surface area contributed by atoms with Gasteiger partial charge in [-0.25, -0.2) is 0 Å². The number of carbonyl (C=O) groups is 1. The largest absolute Gasteiger partial charge is 0.380 e. The van der Waals surface area contributed by atoms with E-state index in [1.165, 1.54) is 11.8 Å². The van der Waals surface area contributed by atoms with Gasteiger partial charge < -0.3 is 10.4 Å². The minimum Gasteiger partial charge on any atom is -0.380 e. The van der Waals surface area contributed by atoms with Crippen molar-refractivity contribution in [2.75, 3.05) is 11.1 Å². The van der Waals surface area contributed by atoms with Gasteiger partial charge in [0.2, 0.25) is 5.91 Å². The van der Waals surface area contributed by atoms with E-state index in [-0.39, 0.29) is 11.7 Å². The van der Waals surface area contributed by atoms with Gasteiger partial charge in [-0.15, -0.1) is 10.2 Å². The lowest BCUT2D eigenvalue weighted by Crippen LogP contribution is -2.15. The SMILES string of the molecule is Cc1ccc(NC(=O)CSc2nnc([C@H](O)c3ccccc3)n2-c2ccccc2)c(C)c1. The molecule has 0 aliphatic heterocycles. The summed E-state index contributed by atoms with van der Waals surface area (Å²) < 4.78 is 1.80. The van der Waals surface area contributed by atoms with Crippen molar-refractivity contribution in [3.63, 3.8) is 0 Å². The molecule has 0 fully saturated rings. The van der Waals surface area contributed by atoms with Crippen molar-refractivity contribution in [2.45, 2.75) is 25.1 Å². The fourth-order valence-electron chi connectivity index (χ4n) is 3.43. The normalized spacial score (nSPS) is 11.8. The molecule has 2 N–H and O–H groups in total. The second-order valence-electron chi connectivity index (χ2n) is 7.48. The highest BCUT2D eigenvalue weighted by atomic mass is 32.2. The van der Waals surface area contributed by atoms with Crippen molar-refractivity contribution in [2.24, 2.45) is 0 Å². The third kappa shape index (κ3) is 4.90. The zero-order valence-electron chi connectivity index (χ0n) is 17.9. The zero-order valence-corrected chi connectivity index (χ0v) is 18.7. The van der Waals surface area contributed by atoms with Gasteiger partial charge in [-0.1, -0.05) is 78.0 Å². The number of aliphatic hydroxyl groups excluding tert-OH is 1. The highest BCUT2D eigenvalue weighted by Crippen LogP contribution is 2.28. The van der Waals surface area contributed by atoms with Gasteiger partial charge in [-0.2, -0.15) is 0 Å². The van der Waals surface area contributed by atoms with Crippen LogP contribution in [0.5, 0.6) is 0 Å². The number of amides is 1. The lowest BCUT2D eigenvalue weighted by molar-refractivity contribution is -0.113. The molecule has 6 nitrogen and oxygen atoms in total. The molecule has 0 spiro atoms. The molecule has 1 aromatic heterocycles. The maximum atomic E-state index is 12.6. The van der Waals surface area contributed by atoms with Crippen molar-refractivity contribution in [1.82, 2.24) is 14.8 Å². The Hall–Kier alpha value is -3.42. The molecule has 3 aromatic carbocycles. The Morgan fingerprint density at radius 2 is 1.69 bits per heavy atom. The van der Waals surface area contributed by atoms with E-state index in [1.807, 2.05) is 92.7 Å². The van der Waals surface area contributed by atoms with Crippen LogP contribution in [-0.2, 0) is 4.79 Å². The predicted molar refractivity (Wildman–Crippen MR) is 127 cm³/mol. The number of rotatable bonds is 7. The first kappa shape index (κ1) is 21.8. The van der Waals surface area contributed by atoms with Crippen LogP contribution in [0.25, 0.3) is 5.69 Å². The molecular formula is C25H24N4O2S. The lowest BCUT2D eigenvalue weighted by atomic mass is 10.1. The number of anilines is 1. The fraction of sp³-hybridized carbons (Fsp3) is 0.160. The molecule has 0 saturated heterocycles. The first-order valence-corrected chi connectivity index (χ1v) is 11.2. The minimum atomic E-state index is -0.942. The summed E-state index contributed by atoms with van der Waals surface area (Å²) in [6.07, 6.45) is -0.942. The maximum absolute atomic E-state index is 12.6. The Kier molecular flexibility index (Phi) is 6.68. The van der Waals surface area contributed by atoms with Crippen LogP contribution in [0.15, 0.2) is 84.0 Å². The van der Waals surface area contributed by atoms with Crippen LogP contribution in [0.3, 0.4) is 0 Å². The van der Waals surface area contributed by atoms with E-state index >= 15 is 0 Å². The molecule has 1 heterocycles. The van der Waals surface area contributed by atoms with Crippen molar-refractivity contribution in [3.8, 4) is 5.69 Å². The monoisotopic (exact) mass is 444 g/mol. The van der Waals surface area contributed by atoms with E-state index in [4.69, 9.17) is 0 Å². The van der Waals surface area contributed by atoms with Crippen LogP contribution in [0.2, 0.25) is 0 Å². The van der Waals surface area contributed by atoms with E-state index in [0.29, 0.717) is 11.0 Å². The second kappa shape index (κ2) is 9.80. The summed E-state index contributed by atoms with van der Waals surface area (Å²) in [7, 11) is 0. The molecule has 0 aliphatic carbocycles. The molecule has 7 heteroatoms. The lowest BCUT2D eigenvalue weighted by Gasteiger charge is -2.14. The Labute approximate surface area is 191 Å². The third-order valence-corrected chi connectivity index (χ3v) is 5.95. The summed E-state index contributed by atoms with van der Waals surface area (Å²) in [5.74, 6) is 0.439. The number of hydrogen-bond donors (Lipinski definition) is 2. The van der Waals surface area contributed by atoms with Crippen LogP contribution < -0.4 is 5.32 Å². The average molecular weight is 445 g/mol. The van der Waals surface area contributed by atoms with Crippen molar-refractivity contribution in [3.05, 3.63) is 101 Å². The van der Waals surface area contributed by atoms with Gasteiger partial charge in [-0.3, -0.25) is 9.36 Å². The van der Waals surface area contributed by atoms with Crippen LogP contribution >= 0.6 is 11.8 Å². The molecule has 32 heavy (non-hydrogen) atoms. The first-order valence-electron chi connectivity index (χ1n) is 10.3.